The number of hydrogen-bond donors (Lipinski definition) is 1. The van der Waals surface area contributed by atoms with Crippen molar-refractivity contribution in [3.8, 4) is 0 Å². The molecule has 0 aliphatic rings. The summed E-state index contributed by atoms with van der Waals surface area (Å²) in [4.78, 5) is 0. The first-order chi connectivity index (χ1) is 8.39. The molecule has 0 fully saturated rings. The van der Waals surface area contributed by atoms with Crippen molar-refractivity contribution in [2.45, 2.75) is 38.3 Å². The molecule has 4 heteroatoms. The first-order valence-electron chi connectivity index (χ1n) is 6.07. The number of halogens is 2. The molecule has 1 unspecified atom stereocenters. The van der Waals surface area contributed by atoms with E-state index in [0.29, 0.717) is 6.04 Å². The van der Waals surface area contributed by atoms with Crippen LogP contribution in [0.4, 0.5) is 0 Å². The number of methoxy groups -OCH3 is 1. The minimum Gasteiger partial charge on any atom is -0.379 e. The lowest BCUT2D eigenvalue weighted by molar-refractivity contribution is 0.0118. The molecule has 1 aromatic carbocycles. The van der Waals surface area contributed by atoms with Crippen LogP contribution in [0.5, 0.6) is 0 Å². The van der Waals surface area contributed by atoms with Gasteiger partial charge in [0, 0.05) is 22.6 Å². The highest BCUT2D eigenvalue weighted by Crippen LogP contribution is 2.30. The third-order valence-corrected chi connectivity index (χ3v) is 4.20. The molecule has 18 heavy (non-hydrogen) atoms. The third kappa shape index (κ3) is 4.54. The molecule has 1 aromatic rings. The molecule has 102 valence electrons. The van der Waals surface area contributed by atoms with Gasteiger partial charge in [0.2, 0.25) is 0 Å². The van der Waals surface area contributed by atoms with E-state index in [1.165, 1.54) is 5.56 Å². The van der Waals surface area contributed by atoms with Gasteiger partial charge >= 0.3 is 0 Å². The average molecular weight is 335 g/mol. The Labute approximate surface area is 123 Å². The second kappa shape index (κ2) is 6.90. The van der Waals surface area contributed by atoms with Crippen LogP contribution in [-0.4, -0.2) is 19.8 Å². The van der Waals surface area contributed by atoms with Gasteiger partial charge in [0.15, 0.2) is 0 Å². The predicted octanol–water partition coefficient (Wildman–Crippen LogP) is 4.57. The lowest BCUT2D eigenvalue weighted by Gasteiger charge is -2.26. The van der Waals surface area contributed by atoms with Gasteiger partial charge in [0.25, 0.3) is 0 Å². The molecule has 0 saturated carbocycles. The zero-order chi connectivity index (χ0) is 13.8. The zero-order valence-electron chi connectivity index (χ0n) is 11.4. The van der Waals surface area contributed by atoms with Gasteiger partial charge in [0.1, 0.15) is 0 Å². The molecule has 0 amide bonds. The summed E-state index contributed by atoms with van der Waals surface area (Å²) < 4.78 is 6.50. The van der Waals surface area contributed by atoms with E-state index in [-0.39, 0.29) is 5.60 Å². The lowest BCUT2D eigenvalue weighted by Crippen LogP contribution is -2.26. The molecule has 0 heterocycles. The van der Waals surface area contributed by atoms with Gasteiger partial charge < -0.3 is 10.1 Å². The molecule has 0 saturated heterocycles. The van der Waals surface area contributed by atoms with Crippen molar-refractivity contribution in [1.29, 1.82) is 0 Å². The number of rotatable bonds is 6. The van der Waals surface area contributed by atoms with Crippen molar-refractivity contribution < 1.29 is 4.74 Å². The zero-order valence-corrected chi connectivity index (χ0v) is 13.7. The van der Waals surface area contributed by atoms with E-state index >= 15 is 0 Å². The van der Waals surface area contributed by atoms with E-state index in [2.05, 4.69) is 41.2 Å². The van der Waals surface area contributed by atoms with Crippen LogP contribution in [0.2, 0.25) is 5.02 Å². The quantitative estimate of drug-likeness (QED) is 0.823. The highest BCUT2D eigenvalue weighted by atomic mass is 79.9. The minimum absolute atomic E-state index is 0.0893. The summed E-state index contributed by atoms with van der Waals surface area (Å²) >= 11 is 9.54. The number of ether oxygens (including phenoxy) is 1. The van der Waals surface area contributed by atoms with E-state index in [1.807, 2.05) is 19.2 Å². The van der Waals surface area contributed by atoms with E-state index in [0.717, 1.165) is 22.3 Å². The fraction of sp³-hybridized carbons (Fsp3) is 0.571. The smallest absolute Gasteiger partial charge is 0.0623 e. The van der Waals surface area contributed by atoms with Crippen LogP contribution in [-0.2, 0) is 4.74 Å². The Balaban J connectivity index is 2.77. The molecule has 0 bridgehead atoms. The maximum absolute atomic E-state index is 5.97. The highest BCUT2D eigenvalue weighted by Gasteiger charge is 2.20. The summed E-state index contributed by atoms with van der Waals surface area (Å²) in [6.45, 7) is 4.22. The van der Waals surface area contributed by atoms with Crippen LogP contribution in [0.15, 0.2) is 22.7 Å². The van der Waals surface area contributed by atoms with Crippen molar-refractivity contribution in [1.82, 2.24) is 5.32 Å². The van der Waals surface area contributed by atoms with Gasteiger partial charge in [0.05, 0.1) is 5.60 Å². The normalized spacial score (nSPS) is 13.7. The van der Waals surface area contributed by atoms with Crippen LogP contribution in [0, 0.1) is 0 Å². The Bertz CT molecular complexity index is 395. The van der Waals surface area contributed by atoms with Crippen molar-refractivity contribution in [3.05, 3.63) is 33.3 Å². The summed E-state index contributed by atoms with van der Waals surface area (Å²) in [5.74, 6) is 0. The largest absolute Gasteiger partial charge is 0.379 e. The van der Waals surface area contributed by atoms with Crippen LogP contribution < -0.4 is 5.32 Å². The maximum atomic E-state index is 5.97. The van der Waals surface area contributed by atoms with Crippen molar-refractivity contribution in [2.75, 3.05) is 14.2 Å². The molecule has 0 aliphatic carbocycles. The molecular weight excluding hydrogens is 314 g/mol. The van der Waals surface area contributed by atoms with E-state index in [9.17, 15) is 0 Å². The van der Waals surface area contributed by atoms with E-state index < -0.39 is 0 Å². The summed E-state index contributed by atoms with van der Waals surface area (Å²) in [6, 6.07) is 6.22. The first kappa shape index (κ1) is 16.0. The molecule has 0 spiro atoms. The second-order valence-corrected chi connectivity index (χ2v) is 6.30. The molecule has 0 aromatic heterocycles. The molecule has 1 rings (SSSR count). The Morgan fingerprint density at radius 2 is 2.11 bits per heavy atom. The second-order valence-electron chi connectivity index (χ2n) is 5.01. The Kier molecular flexibility index (Phi) is 6.12. The van der Waals surface area contributed by atoms with Gasteiger partial charge in [-0.05, 0) is 51.4 Å². The van der Waals surface area contributed by atoms with Gasteiger partial charge in [-0.15, -0.1) is 0 Å². The number of benzene rings is 1. The van der Waals surface area contributed by atoms with Gasteiger partial charge in [-0.25, -0.2) is 0 Å². The van der Waals surface area contributed by atoms with Crippen molar-refractivity contribution in [3.63, 3.8) is 0 Å². The summed E-state index contributed by atoms with van der Waals surface area (Å²) in [7, 11) is 3.73. The number of nitrogens with one attached hydrogen (secondary N) is 1. The van der Waals surface area contributed by atoms with Gasteiger partial charge in [-0.1, -0.05) is 33.6 Å². The maximum Gasteiger partial charge on any atom is 0.0623 e. The van der Waals surface area contributed by atoms with Crippen LogP contribution in [0.25, 0.3) is 0 Å². The molecule has 1 atom stereocenters. The van der Waals surface area contributed by atoms with Gasteiger partial charge in [-0.3, -0.25) is 0 Å². The van der Waals surface area contributed by atoms with Crippen molar-refractivity contribution >= 4 is 27.5 Å². The fourth-order valence-electron chi connectivity index (χ4n) is 1.83. The SMILES string of the molecule is CNC(CCC(C)(C)OC)c1ccc(Cl)cc1Br. The lowest BCUT2D eigenvalue weighted by atomic mass is 9.95. The minimum atomic E-state index is -0.0893. The predicted molar refractivity (Wildman–Crippen MR) is 81.3 cm³/mol. The van der Waals surface area contributed by atoms with Gasteiger partial charge in [-0.2, -0.15) is 0 Å². The Hall–Kier alpha value is -0.0900. The monoisotopic (exact) mass is 333 g/mol. The average Bonchev–Trinajstić information content (AvgIpc) is 2.32. The molecule has 1 N–H and O–H groups in total. The third-order valence-electron chi connectivity index (χ3n) is 3.27. The van der Waals surface area contributed by atoms with Crippen LogP contribution >= 0.6 is 27.5 Å². The van der Waals surface area contributed by atoms with Crippen molar-refractivity contribution in [2.24, 2.45) is 0 Å². The van der Waals surface area contributed by atoms with Crippen LogP contribution in [0.3, 0.4) is 0 Å². The molecule has 0 aliphatic heterocycles. The summed E-state index contributed by atoms with van der Waals surface area (Å²) in [6.07, 6.45) is 2.00. The van der Waals surface area contributed by atoms with E-state index in [4.69, 9.17) is 16.3 Å². The van der Waals surface area contributed by atoms with E-state index in [1.54, 1.807) is 7.11 Å². The Morgan fingerprint density at radius 1 is 1.44 bits per heavy atom. The summed E-state index contributed by atoms with van der Waals surface area (Å²) in [5, 5.41) is 4.09. The molecule has 0 radical (unpaired) electrons. The Morgan fingerprint density at radius 3 is 2.61 bits per heavy atom. The standard InChI is InChI=1S/C14H21BrClNO/c1-14(2,18-4)8-7-13(17-3)11-6-5-10(16)9-12(11)15/h5-6,9,13,17H,7-8H2,1-4H3. The first-order valence-corrected chi connectivity index (χ1v) is 7.24. The molecular formula is C14H21BrClNO. The number of hydrogen-bond acceptors (Lipinski definition) is 2. The fourth-order valence-corrected chi connectivity index (χ4v) is 2.79. The molecule has 2 nitrogen and oxygen atoms in total. The van der Waals surface area contributed by atoms with Crippen LogP contribution in [0.1, 0.15) is 38.3 Å². The highest BCUT2D eigenvalue weighted by molar-refractivity contribution is 9.10. The topological polar surface area (TPSA) is 21.3 Å². The summed E-state index contributed by atoms with van der Waals surface area (Å²) in [5.41, 5.74) is 1.14.